The lowest BCUT2D eigenvalue weighted by Crippen LogP contribution is -2.16. The number of primary amides is 1. The minimum Gasteiger partial charge on any atom is -0.399 e. The molecule has 20 heavy (non-hydrogen) atoms. The van der Waals surface area contributed by atoms with Gasteiger partial charge in [0.2, 0.25) is 5.91 Å². The molecule has 1 aliphatic heterocycles. The van der Waals surface area contributed by atoms with E-state index in [0.717, 1.165) is 30.0 Å². The molecule has 4 N–H and O–H groups in total. The Bertz CT molecular complexity index is 694. The van der Waals surface area contributed by atoms with Gasteiger partial charge in [0, 0.05) is 30.0 Å². The first-order valence-corrected chi connectivity index (χ1v) is 6.57. The molecule has 0 aromatic heterocycles. The van der Waals surface area contributed by atoms with E-state index in [9.17, 15) is 4.79 Å². The Kier molecular flexibility index (Phi) is 2.86. The van der Waals surface area contributed by atoms with E-state index in [-0.39, 0.29) is 5.91 Å². The fourth-order valence-corrected chi connectivity index (χ4v) is 2.72. The average molecular weight is 267 g/mol. The maximum Gasteiger partial charge on any atom is 0.248 e. The van der Waals surface area contributed by atoms with E-state index in [2.05, 4.69) is 11.0 Å². The maximum absolute atomic E-state index is 11.3. The molecule has 0 saturated carbocycles. The van der Waals surface area contributed by atoms with Gasteiger partial charge in [-0.1, -0.05) is 6.07 Å². The number of nitrogens with zero attached hydrogens (tertiary/aromatic N) is 1. The molecule has 0 saturated heterocycles. The van der Waals surface area contributed by atoms with Crippen molar-refractivity contribution in [3.63, 3.8) is 0 Å². The van der Waals surface area contributed by atoms with Crippen LogP contribution in [0.5, 0.6) is 0 Å². The first kappa shape index (κ1) is 12.5. The zero-order valence-electron chi connectivity index (χ0n) is 11.4. The van der Waals surface area contributed by atoms with Crippen molar-refractivity contribution >= 4 is 17.3 Å². The number of anilines is 2. The number of fused-ring (bicyclic) bond motifs is 1. The molecule has 0 aliphatic carbocycles. The van der Waals surface area contributed by atoms with Crippen molar-refractivity contribution in [2.45, 2.75) is 20.0 Å². The highest BCUT2D eigenvalue weighted by atomic mass is 16.1. The zero-order chi connectivity index (χ0) is 14.3. The molecule has 0 atom stereocenters. The SMILES string of the molecule is Cc1cc(N2Cc3ccc(N)cc3C2)ccc1C(N)=O. The Morgan fingerprint density at radius 2 is 1.85 bits per heavy atom. The summed E-state index contributed by atoms with van der Waals surface area (Å²) in [4.78, 5) is 13.5. The monoisotopic (exact) mass is 267 g/mol. The molecule has 0 unspecified atom stereocenters. The van der Waals surface area contributed by atoms with E-state index in [1.54, 1.807) is 6.07 Å². The summed E-state index contributed by atoms with van der Waals surface area (Å²) >= 11 is 0. The van der Waals surface area contributed by atoms with Crippen LogP contribution in [0.2, 0.25) is 0 Å². The number of nitrogen functional groups attached to an aromatic ring is 1. The highest BCUT2D eigenvalue weighted by molar-refractivity contribution is 5.94. The van der Waals surface area contributed by atoms with Crippen LogP contribution in [0.15, 0.2) is 36.4 Å². The van der Waals surface area contributed by atoms with Crippen LogP contribution in [0.4, 0.5) is 11.4 Å². The first-order valence-electron chi connectivity index (χ1n) is 6.57. The van der Waals surface area contributed by atoms with Gasteiger partial charge in [0.05, 0.1) is 0 Å². The van der Waals surface area contributed by atoms with Gasteiger partial charge in [0.25, 0.3) is 0 Å². The van der Waals surface area contributed by atoms with Gasteiger partial charge in [-0.15, -0.1) is 0 Å². The summed E-state index contributed by atoms with van der Waals surface area (Å²) in [5, 5.41) is 0. The minimum atomic E-state index is -0.383. The standard InChI is InChI=1S/C16H17N3O/c1-10-6-14(4-5-15(10)16(18)20)19-8-11-2-3-13(17)7-12(11)9-19/h2-7H,8-9,17H2,1H3,(H2,18,20). The molecule has 0 radical (unpaired) electrons. The lowest BCUT2D eigenvalue weighted by molar-refractivity contribution is 0.0999. The first-order chi connectivity index (χ1) is 9.54. The molecule has 2 aromatic carbocycles. The number of hydrogen-bond acceptors (Lipinski definition) is 3. The molecule has 1 aliphatic rings. The van der Waals surface area contributed by atoms with Gasteiger partial charge in [-0.25, -0.2) is 0 Å². The smallest absolute Gasteiger partial charge is 0.248 e. The lowest BCUT2D eigenvalue weighted by atomic mass is 10.1. The van der Waals surface area contributed by atoms with Crippen molar-refractivity contribution in [2.24, 2.45) is 5.73 Å². The fraction of sp³-hybridized carbons (Fsp3) is 0.188. The molecular formula is C16H17N3O. The number of carbonyl (C=O) groups is 1. The lowest BCUT2D eigenvalue weighted by Gasteiger charge is -2.19. The molecular weight excluding hydrogens is 250 g/mol. The van der Waals surface area contributed by atoms with Crippen molar-refractivity contribution in [3.05, 3.63) is 58.7 Å². The van der Waals surface area contributed by atoms with Crippen LogP contribution in [0.3, 0.4) is 0 Å². The number of aryl methyl sites for hydroxylation is 1. The second kappa shape index (κ2) is 4.56. The average Bonchev–Trinajstić information content (AvgIpc) is 2.81. The van der Waals surface area contributed by atoms with Crippen LogP contribution in [0.1, 0.15) is 27.0 Å². The molecule has 0 bridgehead atoms. The summed E-state index contributed by atoms with van der Waals surface area (Å²) in [5.74, 6) is -0.383. The van der Waals surface area contributed by atoms with Crippen LogP contribution in [-0.4, -0.2) is 5.91 Å². The van der Waals surface area contributed by atoms with Gasteiger partial charge in [-0.2, -0.15) is 0 Å². The van der Waals surface area contributed by atoms with Gasteiger partial charge >= 0.3 is 0 Å². The summed E-state index contributed by atoms with van der Waals surface area (Å²) in [6, 6.07) is 11.8. The molecule has 102 valence electrons. The van der Waals surface area contributed by atoms with E-state index in [1.807, 2.05) is 31.2 Å². The second-order valence-electron chi connectivity index (χ2n) is 5.25. The third kappa shape index (κ3) is 2.09. The van der Waals surface area contributed by atoms with Crippen molar-refractivity contribution in [1.29, 1.82) is 0 Å². The second-order valence-corrected chi connectivity index (χ2v) is 5.25. The van der Waals surface area contributed by atoms with Crippen molar-refractivity contribution in [3.8, 4) is 0 Å². The predicted octanol–water partition coefficient (Wildman–Crippen LogP) is 2.20. The van der Waals surface area contributed by atoms with Crippen LogP contribution < -0.4 is 16.4 Å². The molecule has 4 heteroatoms. The van der Waals surface area contributed by atoms with E-state index in [0.29, 0.717) is 5.56 Å². The van der Waals surface area contributed by atoms with Crippen LogP contribution in [0.25, 0.3) is 0 Å². The summed E-state index contributed by atoms with van der Waals surface area (Å²) in [5.41, 5.74) is 17.1. The Labute approximate surface area is 118 Å². The zero-order valence-corrected chi connectivity index (χ0v) is 11.4. The fourth-order valence-electron chi connectivity index (χ4n) is 2.72. The molecule has 0 spiro atoms. The van der Waals surface area contributed by atoms with Gasteiger partial charge in [-0.3, -0.25) is 4.79 Å². The van der Waals surface area contributed by atoms with E-state index in [4.69, 9.17) is 11.5 Å². The largest absolute Gasteiger partial charge is 0.399 e. The minimum absolute atomic E-state index is 0.383. The van der Waals surface area contributed by atoms with Gasteiger partial charge in [-0.05, 0) is 53.9 Å². The highest BCUT2D eigenvalue weighted by Gasteiger charge is 2.20. The van der Waals surface area contributed by atoms with Crippen molar-refractivity contribution < 1.29 is 4.79 Å². The number of carbonyl (C=O) groups excluding carboxylic acids is 1. The van der Waals surface area contributed by atoms with Crippen LogP contribution in [-0.2, 0) is 13.1 Å². The van der Waals surface area contributed by atoms with Crippen LogP contribution >= 0.6 is 0 Å². The van der Waals surface area contributed by atoms with Gasteiger partial charge < -0.3 is 16.4 Å². The summed E-state index contributed by atoms with van der Waals surface area (Å²) in [6.45, 7) is 3.62. The molecule has 0 fully saturated rings. The van der Waals surface area contributed by atoms with Crippen LogP contribution in [0, 0.1) is 6.92 Å². The van der Waals surface area contributed by atoms with Gasteiger partial charge in [0.1, 0.15) is 0 Å². The summed E-state index contributed by atoms with van der Waals surface area (Å²) in [6.07, 6.45) is 0. The molecule has 1 amide bonds. The Balaban J connectivity index is 1.89. The van der Waals surface area contributed by atoms with Crippen molar-refractivity contribution in [2.75, 3.05) is 10.6 Å². The number of nitrogens with two attached hydrogens (primary N) is 2. The third-order valence-corrected chi connectivity index (χ3v) is 3.79. The highest BCUT2D eigenvalue weighted by Crippen LogP contribution is 2.30. The predicted molar refractivity (Wildman–Crippen MR) is 80.4 cm³/mol. The maximum atomic E-state index is 11.3. The Morgan fingerprint density at radius 1 is 1.10 bits per heavy atom. The molecule has 4 nitrogen and oxygen atoms in total. The number of benzene rings is 2. The van der Waals surface area contributed by atoms with E-state index < -0.39 is 0 Å². The number of rotatable bonds is 2. The normalized spacial score (nSPS) is 13.3. The molecule has 3 rings (SSSR count). The summed E-state index contributed by atoms with van der Waals surface area (Å²) < 4.78 is 0. The van der Waals surface area contributed by atoms with Crippen molar-refractivity contribution in [1.82, 2.24) is 0 Å². The third-order valence-electron chi connectivity index (χ3n) is 3.79. The Morgan fingerprint density at radius 3 is 2.55 bits per heavy atom. The quantitative estimate of drug-likeness (QED) is 0.819. The molecule has 1 heterocycles. The van der Waals surface area contributed by atoms with Gasteiger partial charge in [0.15, 0.2) is 0 Å². The Hall–Kier alpha value is -2.49. The summed E-state index contributed by atoms with van der Waals surface area (Å²) in [7, 11) is 0. The van der Waals surface area contributed by atoms with E-state index in [1.165, 1.54) is 11.1 Å². The van der Waals surface area contributed by atoms with E-state index >= 15 is 0 Å². The number of hydrogen-bond donors (Lipinski definition) is 2. The number of amides is 1. The topological polar surface area (TPSA) is 72.3 Å². The molecule has 2 aromatic rings.